The summed E-state index contributed by atoms with van der Waals surface area (Å²) >= 11 is 6.00. The van der Waals surface area contributed by atoms with E-state index in [1.165, 1.54) is 0 Å². The van der Waals surface area contributed by atoms with Crippen LogP contribution in [0.5, 0.6) is 5.75 Å². The van der Waals surface area contributed by atoms with E-state index in [1.54, 1.807) is 25.3 Å². The highest BCUT2D eigenvalue weighted by molar-refractivity contribution is 6.30. The molecule has 2 atom stereocenters. The number of ether oxygens (including phenoxy) is 1. The number of carbonyl (C=O) groups is 1. The van der Waals surface area contributed by atoms with E-state index < -0.39 is 5.54 Å². The van der Waals surface area contributed by atoms with Crippen LogP contribution in [0.3, 0.4) is 0 Å². The Bertz CT molecular complexity index is 503. The Hall–Kier alpha value is -1.06. The molecule has 3 nitrogen and oxygen atoms in total. The lowest BCUT2D eigenvalue weighted by Gasteiger charge is -2.35. The predicted molar refractivity (Wildman–Crippen MR) is 81.3 cm³/mol. The molecule has 1 aliphatic carbocycles. The van der Waals surface area contributed by atoms with Crippen LogP contribution < -0.4 is 10.5 Å². The van der Waals surface area contributed by atoms with Gasteiger partial charge in [-0.3, -0.25) is 4.79 Å². The smallest absolute Gasteiger partial charge is 0.157 e. The van der Waals surface area contributed by atoms with Crippen LogP contribution in [-0.2, 0) is 11.2 Å². The van der Waals surface area contributed by atoms with E-state index in [0.717, 1.165) is 31.2 Å². The summed E-state index contributed by atoms with van der Waals surface area (Å²) < 4.78 is 5.29. The molecule has 20 heavy (non-hydrogen) atoms. The van der Waals surface area contributed by atoms with Crippen molar-refractivity contribution in [2.24, 2.45) is 11.7 Å². The van der Waals surface area contributed by atoms with Gasteiger partial charge >= 0.3 is 0 Å². The van der Waals surface area contributed by atoms with Gasteiger partial charge in [0.05, 0.1) is 12.6 Å². The van der Waals surface area contributed by atoms with Crippen molar-refractivity contribution < 1.29 is 9.53 Å². The lowest BCUT2D eigenvalue weighted by atomic mass is 9.73. The summed E-state index contributed by atoms with van der Waals surface area (Å²) in [5.74, 6) is 1.29. The third kappa shape index (κ3) is 3.33. The third-order valence-electron chi connectivity index (χ3n) is 4.18. The van der Waals surface area contributed by atoms with Gasteiger partial charge in [-0.25, -0.2) is 0 Å². The second kappa shape index (κ2) is 6.15. The van der Waals surface area contributed by atoms with Gasteiger partial charge in [0.1, 0.15) is 5.75 Å². The van der Waals surface area contributed by atoms with Crippen LogP contribution in [0.1, 0.15) is 38.2 Å². The average molecular weight is 296 g/mol. The molecule has 1 aromatic carbocycles. The zero-order valence-corrected chi connectivity index (χ0v) is 12.9. The normalized spacial score (nSPS) is 26.3. The van der Waals surface area contributed by atoms with Gasteiger partial charge in [-0.2, -0.15) is 0 Å². The summed E-state index contributed by atoms with van der Waals surface area (Å²) in [6.45, 7) is 2.16. The molecule has 0 bridgehead atoms. The Labute approximate surface area is 125 Å². The van der Waals surface area contributed by atoms with Crippen molar-refractivity contribution in [3.8, 4) is 5.75 Å². The number of Topliss-reactive ketones (excluding diaryl/α,β-unsaturated/α-hetero) is 1. The molecular formula is C16H22ClNO2. The fourth-order valence-corrected chi connectivity index (χ4v) is 3.27. The second-order valence-electron chi connectivity index (χ2n) is 5.91. The lowest BCUT2D eigenvalue weighted by Crippen LogP contribution is -2.51. The molecule has 110 valence electrons. The van der Waals surface area contributed by atoms with Crippen LogP contribution in [0.4, 0.5) is 0 Å². The van der Waals surface area contributed by atoms with Gasteiger partial charge < -0.3 is 10.5 Å². The SMILES string of the molecule is COc1ccc(Cl)cc1CC(=O)C1(N)CCCC(C)C1. The largest absolute Gasteiger partial charge is 0.496 e. The van der Waals surface area contributed by atoms with Gasteiger partial charge in [-0.15, -0.1) is 0 Å². The molecule has 0 saturated heterocycles. The summed E-state index contributed by atoms with van der Waals surface area (Å²) in [5.41, 5.74) is 6.47. The fraction of sp³-hybridized carbons (Fsp3) is 0.562. The molecule has 0 radical (unpaired) electrons. The van der Waals surface area contributed by atoms with E-state index in [4.69, 9.17) is 22.1 Å². The highest BCUT2D eigenvalue weighted by Gasteiger charge is 2.37. The van der Waals surface area contributed by atoms with Crippen LogP contribution in [0, 0.1) is 5.92 Å². The first-order valence-electron chi connectivity index (χ1n) is 7.09. The molecule has 0 heterocycles. The zero-order valence-electron chi connectivity index (χ0n) is 12.1. The molecule has 1 fully saturated rings. The summed E-state index contributed by atoms with van der Waals surface area (Å²) in [4.78, 5) is 12.6. The predicted octanol–water partition coefficient (Wildman–Crippen LogP) is 3.37. The minimum absolute atomic E-state index is 0.0876. The first kappa shape index (κ1) is 15.3. The summed E-state index contributed by atoms with van der Waals surface area (Å²) in [5, 5.41) is 0.608. The quantitative estimate of drug-likeness (QED) is 0.926. The van der Waals surface area contributed by atoms with E-state index in [9.17, 15) is 4.79 Å². The lowest BCUT2D eigenvalue weighted by molar-refractivity contribution is -0.125. The molecule has 1 saturated carbocycles. The minimum atomic E-state index is -0.689. The van der Waals surface area contributed by atoms with Crippen molar-refractivity contribution in [2.75, 3.05) is 7.11 Å². The third-order valence-corrected chi connectivity index (χ3v) is 4.42. The fourth-order valence-electron chi connectivity index (χ4n) is 3.08. The number of carbonyl (C=O) groups excluding carboxylic acids is 1. The standard InChI is InChI=1S/C16H22ClNO2/c1-11-4-3-7-16(18,10-11)15(19)9-12-8-13(17)5-6-14(12)20-2/h5-6,8,11H,3-4,7,9-10,18H2,1-2H3. The highest BCUT2D eigenvalue weighted by atomic mass is 35.5. The first-order valence-corrected chi connectivity index (χ1v) is 7.47. The number of nitrogens with two attached hydrogens (primary N) is 1. The first-order chi connectivity index (χ1) is 9.44. The number of ketones is 1. The van der Waals surface area contributed by atoms with Crippen molar-refractivity contribution >= 4 is 17.4 Å². The summed E-state index contributed by atoms with van der Waals surface area (Å²) in [6.07, 6.45) is 4.02. The maximum absolute atomic E-state index is 12.6. The summed E-state index contributed by atoms with van der Waals surface area (Å²) in [6, 6.07) is 5.33. The Morgan fingerprint density at radius 3 is 2.95 bits per heavy atom. The number of hydrogen-bond donors (Lipinski definition) is 1. The van der Waals surface area contributed by atoms with Crippen LogP contribution in [-0.4, -0.2) is 18.4 Å². The molecule has 0 aliphatic heterocycles. The van der Waals surface area contributed by atoms with Gasteiger partial charge in [-0.1, -0.05) is 31.4 Å². The van der Waals surface area contributed by atoms with E-state index >= 15 is 0 Å². The van der Waals surface area contributed by atoms with Crippen LogP contribution in [0.25, 0.3) is 0 Å². The molecule has 2 rings (SSSR count). The van der Waals surface area contributed by atoms with Gasteiger partial charge in [0.25, 0.3) is 0 Å². The molecule has 1 aliphatic rings. The molecule has 0 aromatic heterocycles. The molecule has 1 aromatic rings. The number of methoxy groups -OCH3 is 1. The molecule has 0 amide bonds. The van der Waals surface area contributed by atoms with Crippen molar-refractivity contribution in [2.45, 2.75) is 44.6 Å². The number of benzene rings is 1. The highest BCUT2D eigenvalue weighted by Crippen LogP contribution is 2.33. The molecule has 2 unspecified atom stereocenters. The van der Waals surface area contributed by atoms with Gasteiger partial charge in [0.15, 0.2) is 5.78 Å². The summed E-state index contributed by atoms with van der Waals surface area (Å²) in [7, 11) is 1.60. The Kier molecular flexibility index (Phi) is 4.71. The van der Waals surface area contributed by atoms with Gasteiger partial charge in [0.2, 0.25) is 0 Å². The van der Waals surface area contributed by atoms with E-state index in [1.807, 2.05) is 0 Å². The zero-order chi connectivity index (χ0) is 14.8. The number of halogens is 1. The number of rotatable bonds is 4. The molecule has 0 spiro atoms. The van der Waals surface area contributed by atoms with Crippen molar-refractivity contribution in [1.29, 1.82) is 0 Å². The van der Waals surface area contributed by atoms with E-state index in [-0.39, 0.29) is 12.2 Å². The minimum Gasteiger partial charge on any atom is -0.496 e. The van der Waals surface area contributed by atoms with Crippen LogP contribution >= 0.6 is 11.6 Å². The molecule has 4 heteroatoms. The van der Waals surface area contributed by atoms with Crippen molar-refractivity contribution in [3.63, 3.8) is 0 Å². The van der Waals surface area contributed by atoms with Gasteiger partial charge in [-0.05, 0) is 37.0 Å². The monoisotopic (exact) mass is 295 g/mol. The van der Waals surface area contributed by atoms with Gasteiger partial charge in [0, 0.05) is 17.0 Å². The maximum atomic E-state index is 12.6. The number of hydrogen-bond acceptors (Lipinski definition) is 3. The van der Waals surface area contributed by atoms with E-state index in [2.05, 4.69) is 6.92 Å². The van der Waals surface area contributed by atoms with Crippen LogP contribution in [0.15, 0.2) is 18.2 Å². The molecular weight excluding hydrogens is 274 g/mol. The Morgan fingerprint density at radius 2 is 2.30 bits per heavy atom. The van der Waals surface area contributed by atoms with Crippen LogP contribution in [0.2, 0.25) is 5.02 Å². The Balaban J connectivity index is 2.17. The average Bonchev–Trinajstić information content (AvgIpc) is 2.38. The molecule has 2 N–H and O–H groups in total. The van der Waals surface area contributed by atoms with Crippen molar-refractivity contribution in [3.05, 3.63) is 28.8 Å². The topological polar surface area (TPSA) is 52.3 Å². The maximum Gasteiger partial charge on any atom is 0.157 e. The van der Waals surface area contributed by atoms with Crippen molar-refractivity contribution in [1.82, 2.24) is 0 Å². The Morgan fingerprint density at radius 1 is 1.55 bits per heavy atom. The van der Waals surface area contributed by atoms with E-state index in [0.29, 0.717) is 16.7 Å². The second-order valence-corrected chi connectivity index (χ2v) is 6.35.